The van der Waals surface area contributed by atoms with E-state index in [1.807, 2.05) is 49.5 Å². The standard InChI is InChI=1S/C19H23N3O2/c1-13-10-22(12-18(24-13)14-6-4-3-5-7-14)19(23)17-8-16(17)15-9-20-21(2)11-15/h3-7,9,11,13,16-18H,8,10,12H2,1-2H3/t13-,16+,17-,18-/m1/s1. The molecule has 2 aromatic rings. The van der Waals surface area contributed by atoms with E-state index in [1.165, 1.54) is 5.56 Å². The van der Waals surface area contributed by atoms with Crippen molar-refractivity contribution in [1.82, 2.24) is 14.7 Å². The van der Waals surface area contributed by atoms with Crippen molar-refractivity contribution in [3.63, 3.8) is 0 Å². The van der Waals surface area contributed by atoms with Crippen molar-refractivity contribution >= 4 is 5.91 Å². The third-order valence-electron chi connectivity index (χ3n) is 5.00. The lowest BCUT2D eigenvalue weighted by molar-refractivity contribution is -0.146. The smallest absolute Gasteiger partial charge is 0.226 e. The Kier molecular flexibility index (Phi) is 3.88. The second kappa shape index (κ2) is 6.06. The lowest BCUT2D eigenvalue weighted by Crippen LogP contribution is -2.46. The number of nitrogens with zero attached hydrogens (tertiary/aromatic N) is 3. The maximum atomic E-state index is 12.9. The lowest BCUT2D eigenvalue weighted by atomic mass is 10.1. The summed E-state index contributed by atoms with van der Waals surface area (Å²) >= 11 is 0. The van der Waals surface area contributed by atoms with Crippen LogP contribution in [0.4, 0.5) is 0 Å². The zero-order chi connectivity index (χ0) is 16.7. The number of carbonyl (C=O) groups excluding carboxylic acids is 1. The van der Waals surface area contributed by atoms with Gasteiger partial charge in [0.2, 0.25) is 5.91 Å². The summed E-state index contributed by atoms with van der Waals surface area (Å²) in [5.41, 5.74) is 2.32. The number of morpholine rings is 1. The van der Waals surface area contributed by atoms with E-state index in [4.69, 9.17) is 4.74 Å². The first-order valence-corrected chi connectivity index (χ1v) is 8.59. The Morgan fingerprint density at radius 2 is 2.00 bits per heavy atom. The Hall–Kier alpha value is -2.14. The van der Waals surface area contributed by atoms with E-state index in [-0.39, 0.29) is 24.0 Å². The molecular weight excluding hydrogens is 302 g/mol. The number of carbonyl (C=O) groups is 1. The monoisotopic (exact) mass is 325 g/mol. The van der Waals surface area contributed by atoms with Crippen LogP contribution in [0.1, 0.15) is 36.5 Å². The summed E-state index contributed by atoms with van der Waals surface area (Å²) in [6.45, 7) is 3.36. The molecule has 0 bridgehead atoms. The predicted octanol–water partition coefficient (Wildman–Crippen LogP) is 2.51. The minimum absolute atomic E-state index is 0.0329. The fourth-order valence-electron chi connectivity index (χ4n) is 3.69. The number of amides is 1. The van der Waals surface area contributed by atoms with E-state index in [1.54, 1.807) is 4.68 Å². The molecular formula is C19H23N3O2. The highest BCUT2D eigenvalue weighted by molar-refractivity contribution is 5.83. The van der Waals surface area contributed by atoms with Crippen LogP contribution in [0.3, 0.4) is 0 Å². The summed E-state index contributed by atoms with van der Waals surface area (Å²) < 4.78 is 7.86. The highest BCUT2D eigenvalue weighted by atomic mass is 16.5. The molecule has 0 unspecified atom stereocenters. The van der Waals surface area contributed by atoms with Gasteiger partial charge in [-0.25, -0.2) is 0 Å². The lowest BCUT2D eigenvalue weighted by Gasteiger charge is -2.37. The van der Waals surface area contributed by atoms with Crippen molar-refractivity contribution in [2.75, 3.05) is 13.1 Å². The SMILES string of the molecule is C[C@@H]1CN(C(=O)[C@@H]2C[C@H]2c2cnn(C)c2)C[C@H](c2ccccc2)O1. The summed E-state index contributed by atoms with van der Waals surface area (Å²) in [6.07, 6.45) is 4.86. The van der Waals surface area contributed by atoms with Crippen LogP contribution in [0.25, 0.3) is 0 Å². The molecule has 5 heteroatoms. The first-order valence-electron chi connectivity index (χ1n) is 8.59. The van der Waals surface area contributed by atoms with Crippen molar-refractivity contribution in [1.29, 1.82) is 0 Å². The van der Waals surface area contributed by atoms with Gasteiger partial charge in [0.1, 0.15) is 6.10 Å². The van der Waals surface area contributed by atoms with Gasteiger partial charge in [0, 0.05) is 25.7 Å². The van der Waals surface area contributed by atoms with Gasteiger partial charge in [-0.15, -0.1) is 0 Å². The molecule has 2 aliphatic rings. The molecule has 4 atom stereocenters. The molecule has 2 fully saturated rings. The summed E-state index contributed by atoms with van der Waals surface area (Å²) in [6, 6.07) is 10.2. The summed E-state index contributed by atoms with van der Waals surface area (Å²) in [5, 5.41) is 4.22. The van der Waals surface area contributed by atoms with E-state index in [0.717, 1.165) is 12.0 Å². The molecule has 126 valence electrons. The number of aryl methyl sites for hydroxylation is 1. The van der Waals surface area contributed by atoms with Crippen molar-refractivity contribution in [3.05, 3.63) is 53.9 Å². The van der Waals surface area contributed by atoms with E-state index < -0.39 is 0 Å². The predicted molar refractivity (Wildman–Crippen MR) is 90.4 cm³/mol. The molecule has 5 nitrogen and oxygen atoms in total. The minimum atomic E-state index is -0.0329. The maximum Gasteiger partial charge on any atom is 0.226 e. The maximum absolute atomic E-state index is 12.9. The number of hydrogen-bond acceptors (Lipinski definition) is 3. The highest BCUT2D eigenvalue weighted by Crippen LogP contribution is 2.48. The third-order valence-corrected chi connectivity index (χ3v) is 5.00. The molecule has 1 aromatic carbocycles. The van der Waals surface area contributed by atoms with Gasteiger partial charge >= 0.3 is 0 Å². The fourth-order valence-corrected chi connectivity index (χ4v) is 3.69. The molecule has 24 heavy (non-hydrogen) atoms. The van der Waals surface area contributed by atoms with Crippen LogP contribution < -0.4 is 0 Å². The summed E-state index contributed by atoms with van der Waals surface area (Å²) in [5.74, 6) is 0.704. The second-order valence-electron chi connectivity index (χ2n) is 6.99. The third kappa shape index (κ3) is 2.96. The Labute approximate surface area is 142 Å². The van der Waals surface area contributed by atoms with E-state index in [0.29, 0.717) is 19.0 Å². The largest absolute Gasteiger partial charge is 0.367 e. The van der Waals surface area contributed by atoms with Crippen LogP contribution in [0.15, 0.2) is 42.7 Å². The van der Waals surface area contributed by atoms with Crippen molar-refractivity contribution < 1.29 is 9.53 Å². The zero-order valence-electron chi connectivity index (χ0n) is 14.1. The van der Waals surface area contributed by atoms with Gasteiger partial charge in [0.05, 0.1) is 18.8 Å². The Morgan fingerprint density at radius 1 is 1.21 bits per heavy atom. The zero-order valence-corrected chi connectivity index (χ0v) is 14.1. The molecule has 0 radical (unpaired) electrons. The quantitative estimate of drug-likeness (QED) is 0.871. The molecule has 2 heterocycles. The van der Waals surface area contributed by atoms with Crippen LogP contribution in [-0.4, -0.2) is 39.8 Å². The van der Waals surface area contributed by atoms with Gasteiger partial charge in [-0.05, 0) is 30.4 Å². The molecule has 1 saturated carbocycles. The average Bonchev–Trinajstić information content (AvgIpc) is 3.28. The van der Waals surface area contributed by atoms with Gasteiger partial charge in [-0.3, -0.25) is 9.48 Å². The van der Waals surface area contributed by atoms with Crippen LogP contribution in [0.5, 0.6) is 0 Å². The molecule has 1 saturated heterocycles. The molecule has 1 aliphatic carbocycles. The highest BCUT2D eigenvalue weighted by Gasteiger charge is 2.47. The van der Waals surface area contributed by atoms with Crippen molar-refractivity contribution in [2.45, 2.75) is 31.5 Å². The first-order chi connectivity index (χ1) is 11.6. The Balaban J connectivity index is 1.45. The van der Waals surface area contributed by atoms with Crippen molar-refractivity contribution in [2.24, 2.45) is 13.0 Å². The number of ether oxygens (including phenoxy) is 1. The van der Waals surface area contributed by atoms with Crippen LogP contribution in [0, 0.1) is 5.92 Å². The second-order valence-corrected chi connectivity index (χ2v) is 6.99. The minimum Gasteiger partial charge on any atom is -0.367 e. The van der Waals surface area contributed by atoms with Gasteiger partial charge in [-0.1, -0.05) is 30.3 Å². The van der Waals surface area contributed by atoms with Crippen LogP contribution >= 0.6 is 0 Å². The molecule has 0 N–H and O–H groups in total. The Bertz CT molecular complexity index is 727. The van der Waals surface area contributed by atoms with Gasteiger partial charge < -0.3 is 9.64 Å². The topological polar surface area (TPSA) is 47.4 Å². The molecule has 0 spiro atoms. The number of rotatable bonds is 3. The van der Waals surface area contributed by atoms with Gasteiger partial charge in [0.25, 0.3) is 0 Å². The molecule has 1 aromatic heterocycles. The van der Waals surface area contributed by atoms with Crippen molar-refractivity contribution in [3.8, 4) is 0 Å². The van der Waals surface area contributed by atoms with E-state index in [9.17, 15) is 4.79 Å². The number of benzene rings is 1. The number of aromatic nitrogens is 2. The Morgan fingerprint density at radius 3 is 2.71 bits per heavy atom. The molecule has 4 rings (SSSR count). The van der Waals surface area contributed by atoms with Gasteiger partial charge in [0.15, 0.2) is 0 Å². The van der Waals surface area contributed by atoms with Crippen LogP contribution in [0.2, 0.25) is 0 Å². The average molecular weight is 325 g/mol. The van der Waals surface area contributed by atoms with Gasteiger partial charge in [-0.2, -0.15) is 5.10 Å². The van der Waals surface area contributed by atoms with E-state index >= 15 is 0 Å². The molecule has 1 amide bonds. The summed E-state index contributed by atoms with van der Waals surface area (Å²) in [7, 11) is 1.91. The van der Waals surface area contributed by atoms with E-state index in [2.05, 4.69) is 17.2 Å². The number of hydrogen-bond donors (Lipinski definition) is 0. The summed E-state index contributed by atoms with van der Waals surface area (Å²) in [4.78, 5) is 14.9. The fraction of sp³-hybridized carbons (Fsp3) is 0.474. The first kappa shape index (κ1) is 15.4. The molecule has 1 aliphatic heterocycles. The van der Waals surface area contributed by atoms with Crippen LogP contribution in [-0.2, 0) is 16.6 Å². The normalized spacial score (nSPS) is 29.5.